The van der Waals surface area contributed by atoms with E-state index in [0.29, 0.717) is 13.0 Å². The molecule has 1 amide bonds. The summed E-state index contributed by atoms with van der Waals surface area (Å²) in [6, 6.07) is 0. The van der Waals surface area contributed by atoms with Crippen LogP contribution in [0.3, 0.4) is 0 Å². The largest absolute Gasteiger partial charge is 0.477 e. The quantitative estimate of drug-likeness (QED) is 0.501. The van der Waals surface area contributed by atoms with Gasteiger partial charge in [-0.25, -0.2) is 9.78 Å². The number of aromatic nitrogens is 2. The minimum atomic E-state index is -1.21. The van der Waals surface area contributed by atoms with Crippen molar-refractivity contribution in [3.63, 3.8) is 0 Å². The first-order valence-corrected chi connectivity index (χ1v) is 4.61. The van der Waals surface area contributed by atoms with E-state index in [9.17, 15) is 9.59 Å². The molecule has 0 radical (unpaired) electrons. The molecule has 0 unspecified atom stereocenters. The molecule has 1 rings (SSSR count). The number of imidazole rings is 1. The van der Waals surface area contributed by atoms with Gasteiger partial charge in [0, 0.05) is 13.0 Å². The Bertz CT molecular complexity index is 453. The Kier molecular flexibility index (Phi) is 4.09. The van der Waals surface area contributed by atoms with Gasteiger partial charge in [-0.2, -0.15) is 0 Å². The van der Waals surface area contributed by atoms with Crippen LogP contribution in [0.1, 0.15) is 34.3 Å². The molecule has 0 aliphatic rings. The van der Waals surface area contributed by atoms with E-state index in [0.717, 1.165) is 0 Å². The predicted molar refractivity (Wildman–Crippen MR) is 55.9 cm³/mol. The first-order chi connectivity index (χ1) is 7.66. The minimum absolute atomic E-state index is 0.114. The van der Waals surface area contributed by atoms with Gasteiger partial charge in [0.15, 0.2) is 11.4 Å². The number of carboxylic acid groups (broad SMARTS) is 1. The summed E-state index contributed by atoms with van der Waals surface area (Å²) < 4.78 is 0. The van der Waals surface area contributed by atoms with Crippen molar-refractivity contribution in [1.29, 1.82) is 0 Å². The summed E-state index contributed by atoms with van der Waals surface area (Å²) in [5.41, 5.74) is -0.323. The van der Waals surface area contributed by atoms with Gasteiger partial charge < -0.3 is 15.4 Å². The number of nitrogens with one attached hydrogen (secondary N) is 2. The van der Waals surface area contributed by atoms with Crippen LogP contribution in [-0.2, 0) is 0 Å². The van der Waals surface area contributed by atoms with E-state index in [-0.39, 0.29) is 11.4 Å². The maximum absolute atomic E-state index is 11.5. The van der Waals surface area contributed by atoms with Crippen LogP contribution in [0.25, 0.3) is 0 Å². The highest BCUT2D eigenvalue weighted by molar-refractivity contribution is 6.02. The summed E-state index contributed by atoms with van der Waals surface area (Å²) >= 11 is 0. The van der Waals surface area contributed by atoms with Crippen molar-refractivity contribution >= 4 is 11.9 Å². The molecule has 6 heteroatoms. The third kappa shape index (κ3) is 2.85. The zero-order chi connectivity index (χ0) is 12.0. The molecule has 0 atom stereocenters. The predicted octanol–water partition coefficient (Wildman–Crippen LogP) is 0.251. The molecule has 0 saturated carbocycles. The van der Waals surface area contributed by atoms with E-state index >= 15 is 0 Å². The number of carboxylic acids is 1. The van der Waals surface area contributed by atoms with Gasteiger partial charge in [-0.15, -0.1) is 11.8 Å². The van der Waals surface area contributed by atoms with Gasteiger partial charge in [-0.1, -0.05) is 0 Å². The van der Waals surface area contributed by atoms with Gasteiger partial charge in [0.05, 0.1) is 6.33 Å². The molecular weight excluding hydrogens is 210 g/mol. The lowest BCUT2D eigenvalue weighted by Gasteiger charge is -2.00. The van der Waals surface area contributed by atoms with Crippen molar-refractivity contribution in [3.8, 4) is 11.8 Å². The molecule has 3 N–H and O–H groups in total. The first-order valence-electron chi connectivity index (χ1n) is 4.61. The zero-order valence-corrected chi connectivity index (χ0v) is 8.70. The molecule has 0 spiro atoms. The highest BCUT2D eigenvalue weighted by atomic mass is 16.4. The summed E-state index contributed by atoms with van der Waals surface area (Å²) in [6.45, 7) is 2.07. The van der Waals surface area contributed by atoms with E-state index in [1.54, 1.807) is 6.92 Å². The second-order valence-corrected chi connectivity index (χ2v) is 2.86. The van der Waals surface area contributed by atoms with Crippen molar-refractivity contribution in [2.45, 2.75) is 13.3 Å². The maximum atomic E-state index is 11.5. The van der Waals surface area contributed by atoms with Crippen molar-refractivity contribution in [2.24, 2.45) is 0 Å². The van der Waals surface area contributed by atoms with Crippen LogP contribution in [0.4, 0.5) is 0 Å². The van der Waals surface area contributed by atoms with Crippen molar-refractivity contribution in [1.82, 2.24) is 15.3 Å². The van der Waals surface area contributed by atoms with Gasteiger partial charge in [-0.3, -0.25) is 4.79 Å². The molecule has 0 bridgehead atoms. The lowest BCUT2D eigenvalue weighted by Crippen LogP contribution is -2.26. The summed E-state index contributed by atoms with van der Waals surface area (Å²) in [4.78, 5) is 28.2. The number of rotatable bonds is 4. The molecule has 6 nitrogen and oxygen atoms in total. The van der Waals surface area contributed by atoms with Gasteiger partial charge >= 0.3 is 5.97 Å². The summed E-state index contributed by atoms with van der Waals surface area (Å²) in [6.07, 6.45) is 1.69. The lowest BCUT2D eigenvalue weighted by molar-refractivity contribution is 0.0685. The Balaban J connectivity index is 2.61. The van der Waals surface area contributed by atoms with Gasteiger partial charge in [0.1, 0.15) is 0 Å². The highest BCUT2D eigenvalue weighted by Crippen LogP contribution is 2.02. The van der Waals surface area contributed by atoms with Crippen LogP contribution in [0.5, 0.6) is 0 Å². The molecule has 16 heavy (non-hydrogen) atoms. The van der Waals surface area contributed by atoms with Crippen molar-refractivity contribution in [2.75, 3.05) is 6.54 Å². The van der Waals surface area contributed by atoms with Gasteiger partial charge in [0.2, 0.25) is 0 Å². The van der Waals surface area contributed by atoms with Crippen molar-refractivity contribution < 1.29 is 14.7 Å². The fourth-order valence-corrected chi connectivity index (χ4v) is 1.08. The average Bonchev–Trinajstić information content (AvgIpc) is 2.73. The number of hydrogen-bond acceptors (Lipinski definition) is 3. The lowest BCUT2D eigenvalue weighted by atomic mass is 10.3. The van der Waals surface area contributed by atoms with E-state index < -0.39 is 11.9 Å². The number of hydrogen-bond donors (Lipinski definition) is 3. The van der Waals surface area contributed by atoms with Crippen LogP contribution in [0.2, 0.25) is 0 Å². The summed E-state index contributed by atoms with van der Waals surface area (Å²) in [7, 11) is 0. The van der Waals surface area contributed by atoms with Gasteiger partial charge in [0.25, 0.3) is 5.91 Å². The third-order valence-electron chi connectivity index (χ3n) is 1.78. The third-order valence-corrected chi connectivity index (χ3v) is 1.78. The minimum Gasteiger partial charge on any atom is -0.477 e. The fraction of sp³-hybridized carbons (Fsp3) is 0.300. The number of aromatic carboxylic acids is 1. The van der Waals surface area contributed by atoms with E-state index in [1.807, 2.05) is 0 Å². The Morgan fingerprint density at radius 1 is 1.62 bits per heavy atom. The number of H-pyrrole nitrogens is 1. The number of aromatic amines is 1. The highest BCUT2D eigenvalue weighted by Gasteiger charge is 2.18. The van der Waals surface area contributed by atoms with Crippen LogP contribution in [0.15, 0.2) is 6.33 Å². The molecule has 0 aliphatic carbocycles. The number of amides is 1. The zero-order valence-electron chi connectivity index (χ0n) is 8.70. The fourth-order valence-electron chi connectivity index (χ4n) is 1.08. The van der Waals surface area contributed by atoms with Crippen LogP contribution >= 0.6 is 0 Å². The molecule has 0 aliphatic heterocycles. The first kappa shape index (κ1) is 11.8. The Labute approximate surface area is 92.1 Å². The number of carbonyl (C=O) groups excluding carboxylic acids is 1. The molecule has 1 aromatic rings. The Morgan fingerprint density at radius 3 is 3.00 bits per heavy atom. The Hall–Kier alpha value is -2.29. The maximum Gasteiger partial charge on any atom is 0.354 e. The number of carbonyl (C=O) groups is 2. The summed E-state index contributed by atoms with van der Waals surface area (Å²) in [5.74, 6) is 3.74. The molecule has 1 aromatic heterocycles. The Morgan fingerprint density at radius 2 is 2.38 bits per heavy atom. The second kappa shape index (κ2) is 5.56. The standard InChI is InChI=1S/C10H11N3O3/c1-2-3-4-5-11-9(14)7-8(10(15)16)13-6-12-7/h6H,4-5H2,1H3,(H,11,14)(H,12,13)(H,15,16). The topological polar surface area (TPSA) is 95.1 Å². The normalized spacial score (nSPS) is 9.06. The van der Waals surface area contributed by atoms with E-state index in [2.05, 4.69) is 27.1 Å². The molecule has 0 fully saturated rings. The molecule has 0 saturated heterocycles. The van der Waals surface area contributed by atoms with Gasteiger partial charge in [-0.05, 0) is 6.92 Å². The van der Waals surface area contributed by atoms with Crippen LogP contribution < -0.4 is 5.32 Å². The molecule has 84 valence electrons. The second-order valence-electron chi connectivity index (χ2n) is 2.86. The molecule has 1 heterocycles. The van der Waals surface area contributed by atoms with Crippen LogP contribution in [0, 0.1) is 11.8 Å². The monoisotopic (exact) mass is 221 g/mol. The SMILES string of the molecule is CC#CCCNC(=O)c1nc[nH]c1C(=O)O. The average molecular weight is 221 g/mol. The summed E-state index contributed by atoms with van der Waals surface area (Å²) in [5, 5.41) is 11.3. The van der Waals surface area contributed by atoms with Crippen LogP contribution in [-0.4, -0.2) is 33.5 Å². The smallest absolute Gasteiger partial charge is 0.354 e. The van der Waals surface area contributed by atoms with E-state index in [4.69, 9.17) is 5.11 Å². The number of nitrogens with zero attached hydrogens (tertiary/aromatic N) is 1. The molecule has 0 aromatic carbocycles. The van der Waals surface area contributed by atoms with Crippen molar-refractivity contribution in [3.05, 3.63) is 17.7 Å². The van der Waals surface area contributed by atoms with E-state index in [1.165, 1.54) is 6.33 Å². The molecular formula is C10H11N3O3.